The van der Waals surface area contributed by atoms with Gasteiger partial charge in [0.2, 0.25) is 0 Å². The Bertz CT molecular complexity index is 258. The molecular formula is C7H7NO2S. The molecule has 0 unspecified atom stereocenters. The molecule has 0 radical (unpaired) electrons. The van der Waals surface area contributed by atoms with E-state index in [0.717, 1.165) is 5.56 Å². The van der Waals surface area contributed by atoms with Crippen molar-refractivity contribution >= 4 is 18.9 Å². The van der Waals surface area contributed by atoms with Gasteiger partial charge in [-0.15, -0.1) is 0 Å². The van der Waals surface area contributed by atoms with Gasteiger partial charge in [0.15, 0.2) is 0 Å². The Morgan fingerprint density at radius 3 is 2.82 bits per heavy atom. The van der Waals surface area contributed by atoms with Crippen LogP contribution in [0.3, 0.4) is 0 Å². The van der Waals surface area contributed by atoms with Gasteiger partial charge < -0.3 is 4.18 Å². The maximum absolute atomic E-state index is 10.8. The molecule has 1 aromatic rings. The number of aromatic nitrogens is 1. The van der Waals surface area contributed by atoms with E-state index < -0.39 is 5.97 Å². The van der Waals surface area contributed by atoms with Crippen molar-refractivity contribution in [3.8, 4) is 0 Å². The molecule has 0 aromatic carbocycles. The fraction of sp³-hybridized carbons (Fsp3) is 0.143. The molecule has 0 spiro atoms. The second-order valence-corrected chi connectivity index (χ2v) is 2.28. The third-order valence-corrected chi connectivity index (χ3v) is 1.37. The number of aryl methyl sites for hydroxylation is 1. The first kappa shape index (κ1) is 8.07. The van der Waals surface area contributed by atoms with Crippen LogP contribution in [0.1, 0.15) is 16.1 Å². The minimum atomic E-state index is -0.534. The topological polar surface area (TPSA) is 39.2 Å². The number of nitrogens with zero attached hydrogens (tertiary/aromatic N) is 1. The molecule has 0 aliphatic carbocycles. The lowest BCUT2D eigenvalue weighted by molar-refractivity contribution is 0.0766. The summed E-state index contributed by atoms with van der Waals surface area (Å²) < 4.78 is 4.17. The van der Waals surface area contributed by atoms with Crippen LogP contribution in [0.2, 0.25) is 0 Å². The maximum atomic E-state index is 10.8. The lowest BCUT2D eigenvalue weighted by atomic mass is 10.3. The summed E-state index contributed by atoms with van der Waals surface area (Å²) in [6, 6.07) is 3.38. The predicted molar refractivity (Wildman–Crippen MR) is 43.4 cm³/mol. The lowest BCUT2D eigenvalue weighted by Crippen LogP contribution is -2.00. The van der Waals surface area contributed by atoms with Crippen LogP contribution in [0.4, 0.5) is 0 Å². The highest BCUT2D eigenvalue weighted by molar-refractivity contribution is 7.75. The number of hydrogen-bond acceptors (Lipinski definition) is 4. The van der Waals surface area contributed by atoms with Gasteiger partial charge in [0, 0.05) is 19.1 Å². The molecule has 0 amide bonds. The monoisotopic (exact) mass is 169 g/mol. The molecular weight excluding hydrogens is 162 g/mol. The van der Waals surface area contributed by atoms with Gasteiger partial charge in [-0.3, -0.25) is 0 Å². The van der Waals surface area contributed by atoms with Crippen molar-refractivity contribution in [1.29, 1.82) is 0 Å². The third kappa shape index (κ3) is 1.94. The van der Waals surface area contributed by atoms with Crippen molar-refractivity contribution in [3.05, 3.63) is 29.6 Å². The molecule has 1 rings (SSSR count). The maximum Gasteiger partial charge on any atom is 0.368 e. The number of carbonyl (C=O) groups excluding carboxylic acids is 1. The summed E-state index contributed by atoms with van der Waals surface area (Å²) >= 11 is 3.36. The first-order valence-electron chi connectivity index (χ1n) is 3.02. The summed E-state index contributed by atoms with van der Waals surface area (Å²) in [5, 5.41) is 0. The van der Waals surface area contributed by atoms with Crippen LogP contribution >= 0.6 is 12.9 Å². The molecule has 58 valence electrons. The molecule has 11 heavy (non-hydrogen) atoms. The Balaban J connectivity index is 2.90. The molecule has 0 saturated heterocycles. The molecule has 0 bridgehead atoms. The Morgan fingerprint density at radius 1 is 1.64 bits per heavy atom. The van der Waals surface area contributed by atoms with Crippen molar-refractivity contribution in [2.24, 2.45) is 0 Å². The van der Waals surface area contributed by atoms with E-state index in [9.17, 15) is 4.79 Å². The summed E-state index contributed by atoms with van der Waals surface area (Å²) in [6.07, 6.45) is 1.60. The first-order chi connectivity index (χ1) is 5.24. The summed E-state index contributed by atoms with van der Waals surface area (Å²) in [7, 11) is 0. The van der Waals surface area contributed by atoms with Crippen molar-refractivity contribution < 1.29 is 8.98 Å². The van der Waals surface area contributed by atoms with Crippen molar-refractivity contribution in [2.45, 2.75) is 6.92 Å². The summed E-state index contributed by atoms with van der Waals surface area (Å²) in [4.78, 5) is 14.6. The standard InChI is InChI=1S/C7H7NO2S/c1-5-2-3-6(8-4-5)7(9)10-11/h2-4,11H,1H3. The molecule has 3 nitrogen and oxygen atoms in total. The van der Waals surface area contributed by atoms with Gasteiger partial charge in [-0.05, 0) is 18.6 Å². The zero-order chi connectivity index (χ0) is 8.27. The van der Waals surface area contributed by atoms with E-state index in [1.54, 1.807) is 18.3 Å². The molecule has 0 atom stereocenters. The van der Waals surface area contributed by atoms with Crippen molar-refractivity contribution in [3.63, 3.8) is 0 Å². The number of carbonyl (C=O) groups is 1. The molecule has 4 heteroatoms. The van der Waals surface area contributed by atoms with Crippen LogP contribution in [0, 0.1) is 6.92 Å². The third-order valence-electron chi connectivity index (χ3n) is 1.20. The van der Waals surface area contributed by atoms with E-state index in [-0.39, 0.29) is 5.69 Å². The highest BCUT2D eigenvalue weighted by atomic mass is 32.1. The van der Waals surface area contributed by atoms with E-state index >= 15 is 0 Å². The fourth-order valence-electron chi connectivity index (χ4n) is 0.635. The Hall–Kier alpha value is -1.03. The molecule has 0 aliphatic rings. The van der Waals surface area contributed by atoms with Gasteiger partial charge in [0.05, 0.1) is 0 Å². The zero-order valence-corrected chi connectivity index (χ0v) is 6.84. The first-order valence-corrected chi connectivity index (χ1v) is 3.39. The van der Waals surface area contributed by atoms with Gasteiger partial charge in [-0.25, -0.2) is 9.78 Å². The lowest BCUT2D eigenvalue weighted by Gasteiger charge is -1.95. The number of thiol groups is 1. The molecule has 0 saturated carbocycles. The van der Waals surface area contributed by atoms with Crippen LogP contribution in [0.5, 0.6) is 0 Å². The van der Waals surface area contributed by atoms with E-state index in [4.69, 9.17) is 0 Å². The number of hydrogen-bond donors (Lipinski definition) is 1. The number of pyridine rings is 1. The fourth-order valence-corrected chi connectivity index (χ4v) is 0.729. The van der Waals surface area contributed by atoms with Crippen LogP contribution < -0.4 is 0 Å². The highest BCUT2D eigenvalue weighted by Crippen LogP contribution is 2.00. The molecule has 1 aromatic heterocycles. The van der Waals surface area contributed by atoms with E-state index in [1.807, 2.05) is 6.92 Å². The average Bonchev–Trinajstić information content (AvgIpc) is 2.05. The summed E-state index contributed by atoms with van der Waals surface area (Å²) in [5.74, 6) is -0.534. The highest BCUT2D eigenvalue weighted by Gasteiger charge is 2.05. The van der Waals surface area contributed by atoms with Gasteiger partial charge in [0.1, 0.15) is 5.69 Å². The van der Waals surface area contributed by atoms with Crippen LogP contribution in [0.15, 0.2) is 18.3 Å². The minimum absolute atomic E-state index is 0.269. The van der Waals surface area contributed by atoms with Crippen molar-refractivity contribution in [2.75, 3.05) is 0 Å². The average molecular weight is 169 g/mol. The minimum Gasteiger partial charge on any atom is -0.390 e. The largest absolute Gasteiger partial charge is 0.390 e. The summed E-state index contributed by atoms with van der Waals surface area (Å²) in [6.45, 7) is 1.89. The van der Waals surface area contributed by atoms with Gasteiger partial charge in [-0.2, -0.15) is 0 Å². The van der Waals surface area contributed by atoms with Crippen LogP contribution in [-0.4, -0.2) is 11.0 Å². The van der Waals surface area contributed by atoms with E-state index in [2.05, 4.69) is 22.1 Å². The summed E-state index contributed by atoms with van der Waals surface area (Å²) in [5.41, 5.74) is 1.27. The normalized spacial score (nSPS) is 9.27. The Morgan fingerprint density at radius 2 is 2.36 bits per heavy atom. The smallest absolute Gasteiger partial charge is 0.368 e. The SMILES string of the molecule is Cc1ccc(C(=O)OS)nc1. The molecule has 0 fully saturated rings. The van der Waals surface area contributed by atoms with Crippen LogP contribution in [-0.2, 0) is 4.18 Å². The second kappa shape index (κ2) is 3.39. The Labute approximate surface area is 70.0 Å². The van der Waals surface area contributed by atoms with Gasteiger partial charge >= 0.3 is 5.97 Å². The van der Waals surface area contributed by atoms with Gasteiger partial charge in [-0.1, -0.05) is 6.07 Å². The Kier molecular flexibility index (Phi) is 2.48. The molecule has 0 N–H and O–H groups in total. The molecule has 0 aliphatic heterocycles. The second-order valence-electron chi connectivity index (χ2n) is 2.10. The number of rotatable bonds is 1. The van der Waals surface area contributed by atoms with Crippen molar-refractivity contribution in [1.82, 2.24) is 4.98 Å². The zero-order valence-electron chi connectivity index (χ0n) is 5.94. The molecule has 1 heterocycles. The van der Waals surface area contributed by atoms with E-state index in [0.29, 0.717) is 0 Å². The van der Waals surface area contributed by atoms with Gasteiger partial charge in [0.25, 0.3) is 0 Å². The van der Waals surface area contributed by atoms with Crippen LogP contribution in [0.25, 0.3) is 0 Å². The van der Waals surface area contributed by atoms with E-state index in [1.165, 1.54) is 0 Å². The predicted octanol–water partition coefficient (Wildman–Crippen LogP) is 1.39. The quantitative estimate of drug-likeness (QED) is 0.510.